The number of hydrogen-bond acceptors (Lipinski definition) is 4. The molecule has 0 saturated heterocycles. The molecule has 1 rings (SSSR count). The first-order valence-corrected chi connectivity index (χ1v) is 9.64. The molecule has 0 aliphatic rings. The number of rotatable bonds is 9. The summed E-state index contributed by atoms with van der Waals surface area (Å²) >= 11 is 0. The van der Waals surface area contributed by atoms with Gasteiger partial charge in [-0.3, -0.25) is 4.99 Å². The van der Waals surface area contributed by atoms with Crippen molar-refractivity contribution >= 4 is 17.2 Å². The van der Waals surface area contributed by atoms with Crippen LogP contribution in [0, 0.1) is 12.3 Å². The van der Waals surface area contributed by atoms with Crippen LogP contribution in [0.2, 0.25) is 0 Å². The summed E-state index contributed by atoms with van der Waals surface area (Å²) in [6.07, 6.45) is 8.30. The first kappa shape index (κ1) is 23.2. The third-order valence-electron chi connectivity index (χ3n) is 4.23. The zero-order chi connectivity index (χ0) is 21.1. The van der Waals surface area contributed by atoms with Gasteiger partial charge in [-0.2, -0.15) is 0 Å². The van der Waals surface area contributed by atoms with Gasteiger partial charge >= 0.3 is 0 Å². The lowest BCUT2D eigenvalue weighted by Crippen LogP contribution is -2.23. The number of benzene rings is 1. The molecular weight excluding hydrogens is 346 g/mol. The summed E-state index contributed by atoms with van der Waals surface area (Å²) in [6.45, 7) is 6.12. The van der Waals surface area contributed by atoms with Crippen molar-refractivity contribution in [1.82, 2.24) is 4.90 Å². The summed E-state index contributed by atoms with van der Waals surface area (Å²) in [5.41, 5.74) is 10.9. The van der Waals surface area contributed by atoms with Gasteiger partial charge in [-0.05, 0) is 43.5 Å². The van der Waals surface area contributed by atoms with Crippen molar-refractivity contribution in [2.24, 2.45) is 10.7 Å². The van der Waals surface area contributed by atoms with Crippen molar-refractivity contribution < 1.29 is 0 Å². The second kappa shape index (κ2) is 11.8. The van der Waals surface area contributed by atoms with Gasteiger partial charge in [-0.1, -0.05) is 37.3 Å². The smallest absolute Gasteiger partial charge is 0.129 e. The second-order valence-corrected chi connectivity index (χ2v) is 7.08. The lowest BCUT2D eigenvalue weighted by atomic mass is 10.0. The number of aryl methyl sites for hydroxylation is 1. The molecule has 0 bridgehead atoms. The van der Waals surface area contributed by atoms with Gasteiger partial charge in [0.1, 0.15) is 5.84 Å². The van der Waals surface area contributed by atoms with Gasteiger partial charge in [0.05, 0.1) is 5.82 Å². The van der Waals surface area contributed by atoms with Crippen LogP contribution in [0.5, 0.6) is 0 Å². The van der Waals surface area contributed by atoms with E-state index in [1.54, 1.807) is 7.05 Å². The molecule has 0 aliphatic carbocycles. The summed E-state index contributed by atoms with van der Waals surface area (Å²) in [5.74, 6) is 1.51. The maximum absolute atomic E-state index is 8.36. The van der Waals surface area contributed by atoms with Gasteiger partial charge in [0.2, 0.25) is 0 Å². The monoisotopic (exact) mass is 381 g/mol. The van der Waals surface area contributed by atoms with Crippen LogP contribution in [-0.4, -0.2) is 37.6 Å². The molecule has 28 heavy (non-hydrogen) atoms. The maximum Gasteiger partial charge on any atom is 0.129 e. The lowest BCUT2D eigenvalue weighted by molar-refractivity contribution is 0.622. The van der Waals surface area contributed by atoms with Crippen LogP contribution in [0.25, 0.3) is 0 Å². The summed E-state index contributed by atoms with van der Waals surface area (Å²) in [4.78, 5) is 6.37. The van der Waals surface area contributed by atoms with E-state index >= 15 is 0 Å². The second-order valence-electron chi connectivity index (χ2n) is 7.08. The molecule has 0 heterocycles. The van der Waals surface area contributed by atoms with Crippen LogP contribution in [0.4, 0.5) is 5.69 Å². The summed E-state index contributed by atoms with van der Waals surface area (Å²) in [6, 6.07) is 8.08. The molecule has 0 spiro atoms. The fourth-order valence-corrected chi connectivity index (χ4v) is 2.77. The van der Waals surface area contributed by atoms with Crippen LogP contribution in [0.1, 0.15) is 38.7 Å². The summed E-state index contributed by atoms with van der Waals surface area (Å²) < 4.78 is 0. The molecule has 4 N–H and O–H groups in total. The van der Waals surface area contributed by atoms with Gasteiger partial charge in [0.15, 0.2) is 0 Å². The Morgan fingerprint density at radius 1 is 1.32 bits per heavy atom. The summed E-state index contributed by atoms with van der Waals surface area (Å²) in [7, 11) is 5.75. The van der Waals surface area contributed by atoms with Gasteiger partial charge in [-0.15, -0.1) is 0 Å². The van der Waals surface area contributed by atoms with Crippen LogP contribution in [0.15, 0.2) is 64.5 Å². The van der Waals surface area contributed by atoms with E-state index in [9.17, 15) is 0 Å². The number of nitrogens with one attached hydrogen (secondary N) is 2. The molecule has 1 aromatic rings. The zero-order valence-corrected chi connectivity index (χ0v) is 18.1. The van der Waals surface area contributed by atoms with Gasteiger partial charge in [0, 0.05) is 51.0 Å². The van der Waals surface area contributed by atoms with E-state index in [-0.39, 0.29) is 0 Å². The topological polar surface area (TPSA) is 77.5 Å². The Balaban J connectivity index is 2.84. The van der Waals surface area contributed by atoms with Crippen molar-refractivity contribution in [1.29, 1.82) is 5.41 Å². The molecule has 0 fully saturated rings. The van der Waals surface area contributed by atoms with E-state index < -0.39 is 0 Å². The number of allylic oxidation sites excluding steroid dienone is 3. The van der Waals surface area contributed by atoms with Crippen LogP contribution < -0.4 is 11.1 Å². The highest BCUT2D eigenvalue weighted by Gasteiger charge is 2.08. The Kier molecular flexibility index (Phi) is 9.79. The molecule has 152 valence electrons. The fourth-order valence-electron chi connectivity index (χ4n) is 2.77. The number of likely N-dealkylation sites (N-methyl/N-ethyl adjacent to an activating group) is 1. The molecule has 0 aromatic heterocycles. The van der Waals surface area contributed by atoms with Crippen molar-refractivity contribution in [3.63, 3.8) is 0 Å². The molecule has 0 unspecified atom stereocenters. The number of nitrogens with zero attached hydrogens (tertiary/aromatic N) is 2. The molecule has 0 radical (unpaired) electrons. The first-order valence-electron chi connectivity index (χ1n) is 9.64. The highest BCUT2D eigenvalue weighted by Crippen LogP contribution is 2.15. The van der Waals surface area contributed by atoms with Gasteiger partial charge < -0.3 is 21.4 Å². The van der Waals surface area contributed by atoms with Crippen molar-refractivity contribution in [2.45, 2.75) is 40.0 Å². The minimum Gasteiger partial charge on any atom is -0.385 e. The predicted molar refractivity (Wildman–Crippen MR) is 123 cm³/mol. The molecule has 0 atom stereocenters. The normalized spacial score (nSPS) is 13.5. The van der Waals surface area contributed by atoms with E-state index in [2.05, 4.69) is 35.5 Å². The van der Waals surface area contributed by atoms with Crippen LogP contribution >= 0.6 is 0 Å². The summed E-state index contributed by atoms with van der Waals surface area (Å²) in [5, 5.41) is 11.6. The van der Waals surface area contributed by atoms with Crippen molar-refractivity contribution in [3.8, 4) is 0 Å². The minimum atomic E-state index is 0.534. The Morgan fingerprint density at radius 2 is 2.04 bits per heavy atom. The van der Waals surface area contributed by atoms with Gasteiger partial charge in [0.25, 0.3) is 0 Å². The van der Waals surface area contributed by atoms with E-state index in [0.717, 1.165) is 29.1 Å². The van der Waals surface area contributed by atoms with E-state index in [4.69, 9.17) is 11.1 Å². The molecule has 1 aromatic carbocycles. The lowest BCUT2D eigenvalue weighted by Gasteiger charge is -2.16. The first-order chi connectivity index (χ1) is 13.3. The zero-order valence-electron chi connectivity index (χ0n) is 18.1. The molecule has 5 heteroatoms. The quantitative estimate of drug-likeness (QED) is 0.324. The molecule has 5 nitrogen and oxygen atoms in total. The number of amidine groups is 1. The Morgan fingerprint density at radius 3 is 2.61 bits per heavy atom. The highest BCUT2D eigenvalue weighted by atomic mass is 15.1. The molecular formula is C23H35N5. The maximum atomic E-state index is 8.36. The number of nitrogens with two attached hydrogens (primary N) is 1. The predicted octanol–water partition coefficient (Wildman–Crippen LogP) is 4.88. The molecule has 0 amide bonds. The Hall–Kier alpha value is -2.82. The van der Waals surface area contributed by atoms with E-state index in [1.165, 1.54) is 5.56 Å². The fraction of sp³-hybridized carbons (Fsp3) is 0.391. The van der Waals surface area contributed by atoms with Crippen molar-refractivity contribution in [2.75, 3.05) is 26.5 Å². The average molecular weight is 382 g/mol. The average Bonchev–Trinajstić information content (AvgIpc) is 2.63. The van der Waals surface area contributed by atoms with Crippen LogP contribution in [0.3, 0.4) is 0 Å². The minimum absolute atomic E-state index is 0.534. The standard InChI is InChI=1S/C23H35N5/c1-7-8-11-19(23(26-4)28(5)6)13-14-20(24)16-18(3)22(25)27-21-12-9-10-17(2)15-21/h8-13,15,24,27H,7,14,16,25H2,1-6H3/b11-8+,19-13-,22-18-,24-20?,26-23?. The highest BCUT2D eigenvalue weighted by molar-refractivity contribution is 6.01. The molecule has 0 saturated carbocycles. The molecule has 0 aliphatic heterocycles. The van der Waals surface area contributed by atoms with Crippen molar-refractivity contribution in [3.05, 3.63) is 65.0 Å². The number of anilines is 1. The third kappa shape index (κ3) is 7.82. The number of aliphatic imine (C=N–C) groups is 1. The Labute approximate surface area is 170 Å². The SMILES string of the molecule is CC/C=C/C(=C/CC(=N)C/C(C)=C(/N)Nc1cccc(C)c1)C(=NC)N(C)C. The van der Waals surface area contributed by atoms with Crippen LogP contribution in [-0.2, 0) is 0 Å². The Bertz CT molecular complexity index is 782. The van der Waals surface area contributed by atoms with E-state index in [1.807, 2.05) is 57.1 Å². The largest absolute Gasteiger partial charge is 0.385 e. The van der Waals surface area contributed by atoms with E-state index in [0.29, 0.717) is 24.4 Å². The van der Waals surface area contributed by atoms with Gasteiger partial charge in [-0.25, -0.2) is 0 Å². The third-order valence-corrected chi connectivity index (χ3v) is 4.23. The number of hydrogen-bond donors (Lipinski definition) is 3.